The predicted molar refractivity (Wildman–Crippen MR) is 89.6 cm³/mol. The van der Waals surface area contributed by atoms with Crippen LogP contribution in [0.4, 0.5) is 0 Å². The maximum atomic E-state index is 12.8. The van der Waals surface area contributed by atoms with E-state index < -0.39 is 0 Å². The van der Waals surface area contributed by atoms with E-state index in [1.165, 1.54) is 0 Å². The Morgan fingerprint density at radius 3 is 2.88 bits per heavy atom. The van der Waals surface area contributed by atoms with E-state index in [0.717, 1.165) is 6.42 Å². The molecule has 2 aliphatic rings. The average molecular weight is 343 g/mol. The summed E-state index contributed by atoms with van der Waals surface area (Å²) in [6, 6.07) is 12.6. The lowest BCUT2D eigenvalue weighted by Crippen LogP contribution is -2.41. The number of nitrogens with zero attached hydrogens (tertiary/aromatic N) is 1. The molecule has 3 heterocycles. The zero-order chi connectivity index (χ0) is 17.3. The van der Waals surface area contributed by atoms with Crippen LogP contribution in [0.5, 0.6) is 11.7 Å². The van der Waals surface area contributed by atoms with Crippen LogP contribution in [0, 0.1) is 11.3 Å². The van der Waals surface area contributed by atoms with Crippen molar-refractivity contribution in [3.05, 3.63) is 48.2 Å². The number of carbonyl (C=O) groups excluding carboxylic acids is 1. The van der Waals surface area contributed by atoms with Crippen molar-refractivity contribution >= 4 is 5.91 Å². The zero-order valence-electron chi connectivity index (χ0n) is 13.9. The van der Waals surface area contributed by atoms with Gasteiger partial charge in [0.2, 0.25) is 0 Å². The van der Waals surface area contributed by atoms with Crippen molar-refractivity contribution in [2.24, 2.45) is 11.3 Å². The standard InChI is InChI=1S/C19H21NO5/c21-13-19-8-9-23-11-14(19)10-20(12-19)18(22)16-6-7-17(25-16)24-15-4-2-1-3-5-15/h1-7,14,21H,8-13H2/t14-,19-/m1/s1. The molecule has 0 radical (unpaired) electrons. The highest BCUT2D eigenvalue weighted by atomic mass is 16.6. The van der Waals surface area contributed by atoms with Gasteiger partial charge in [0.25, 0.3) is 11.9 Å². The van der Waals surface area contributed by atoms with Gasteiger partial charge in [0, 0.05) is 37.1 Å². The summed E-state index contributed by atoms with van der Waals surface area (Å²) >= 11 is 0. The summed E-state index contributed by atoms with van der Waals surface area (Å²) in [4.78, 5) is 14.5. The Hall–Kier alpha value is -2.31. The van der Waals surface area contributed by atoms with Crippen LogP contribution in [-0.4, -0.2) is 48.8 Å². The summed E-state index contributed by atoms with van der Waals surface area (Å²) in [5, 5.41) is 9.85. The molecular weight excluding hydrogens is 322 g/mol. The lowest BCUT2D eigenvalue weighted by Gasteiger charge is -2.36. The summed E-state index contributed by atoms with van der Waals surface area (Å²) < 4.78 is 16.7. The van der Waals surface area contributed by atoms with Crippen molar-refractivity contribution < 1.29 is 23.8 Å². The Labute approximate surface area is 145 Å². The second-order valence-corrected chi connectivity index (χ2v) is 6.76. The number of furan rings is 1. The number of para-hydroxylation sites is 1. The van der Waals surface area contributed by atoms with Crippen molar-refractivity contribution in [2.45, 2.75) is 6.42 Å². The first-order valence-corrected chi connectivity index (χ1v) is 8.51. The van der Waals surface area contributed by atoms with E-state index >= 15 is 0 Å². The molecule has 0 spiro atoms. The minimum Gasteiger partial charge on any atom is -0.426 e. The normalized spacial score (nSPS) is 25.6. The van der Waals surface area contributed by atoms with Crippen LogP contribution >= 0.6 is 0 Å². The van der Waals surface area contributed by atoms with E-state index in [1.807, 2.05) is 30.3 Å². The lowest BCUT2D eigenvalue weighted by atomic mass is 9.75. The molecular formula is C19H21NO5. The smallest absolute Gasteiger partial charge is 0.290 e. The number of aliphatic hydroxyl groups is 1. The highest BCUT2D eigenvalue weighted by Crippen LogP contribution is 2.42. The maximum Gasteiger partial charge on any atom is 0.290 e. The van der Waals surface area contributed by atoms with Gasteiger partial charge < -0.3 is 23.9 Å². The highest BCUT2D eigenvalue weighted by Gasteiger charge is 2.49. The summed E-state index contributed by atoms with van der Waals surface area (Å²) in [6.45, 7) is 2.41. The molecule has 2 atom stereocenters. The van der Waals surface area contributed by atoms with Gasteiger partial charge >= 0.3 is 0 Å². The Morgan fingerprint density at radius 2 is 2.12 bits per heavy atom. The molecule has 0 aliphatic carbocycles. The molecule has 1 aromatic carbocycles. The first kappa shape index (κ1) is 16.2. The second kappa shape index (κ2) is 6.54. The van der Waals surface area contributed by atoms with Gasteiger partial charge in [0.15, 0.2) is 5.76 Å². The molecule has 6 heteroatoms. The quantitative estimate of drug-likeness (QED) is 0.924. The Morgan fingerprint density at radius 1 is 1.28 bits per heavy atom. The van der Waals surface area contributed by atoms with Crippen LogP contribution in [0.2, 0.25) is 0 Å². The molecule has 0 unspecified atom stereocenters. The fourth-order valence-electron chi connectivity index (χ4n) is 3.71. The zero-order valence-corrected chi connectivity index (χ0v) is 13.9. The van der Waals surface area contributed by atoms with Crippen molar-refractivity contribution in [1.82, 2.24) is 4.90 Å². The third-order valence-electron chi connectivity index (χ3n) is 5.23. The molecule has 4 rings (SSSR count). The van der Waals surface area contributed by atoms with Crippen molar-refractivity contribution in [2.75, 3.05) is 32.9 Å². The third-order valence-corrected chi connectivity index (χ3v) is 5.23. The minimum absolute atomic E-state index is 0.0747. The van der Waals surface area contributed by atoms with Gasteiger partial charge in [0.05, 0.1) is 13.2 Å². The highest BCUT2D eigenvalue weighted by molar-refractivity contribution is 5.92. The molecule has 0 saturated carbocycles. The maximum absolute atomic E-state index is 12.8. The van der Waals surface area contributed by atoms with Crippen molar-refractivity contribution in [3.8, 4) is 11.7 Å². The van der Waals surface area contributed by atoms with Gasteiger partial charge in [0.1, 0.15) is 5.75 Å². The summed E-state index contributed by atoms with van der Waals surface area (Å²) in [6.07, 6.45) is 0.776. The molecule has 2 aliphatic heterocycles. The van der Waals surface area contributed by atoms with Gasteiger partial charge in [-0.1, -0.05) is 18.2 Å². The van der Waals surface area contributed by atoms with Gasteiger partial charge in [-0.25, -0.2) is 0 Å². The lowest BCUT2D eigenvalue weighted by molar-refractivity contribution is -0.0415. The predicted octanol–water partition coefficient (Wildman–Crippen LogP) is 2.54. The summed E-state index contributed by atoms with van der Waals surface area (Å²) in [7, 11) is 0. The van der Waals surface area contributed by atoms with Crippen LogP contribution in [0.1, 0.15) is 17.0 Å². The number of amides is 1. The van der Waals surface area contributed by atoms with Gasteiger partial charge in [-0.05, 0) is 24.6 Å². The van der Waals surface area contributed by atoms with Crippen LogP contribution in [0.15, 0.2) is 46.9 Å². The van der Waals surface area contributed by atoms with Crippen LogP contribution in [-0.2, 0) is 4.74 Å². The van der Waals surface area contributed by atoms with Gasteiger partial charge in [-0.15, -0.1) is 0 Å². The molecule has 1 N–H and O–H groups in total. The first-order chi connectivity index (χ1) is 12.2. The van der Waals surface area contributed by atoms with Crippen LogP contribution in [0.3, 0.4) is 0 Å². The van der Waals surface area contributed by atoms with E-state index in [4.69, 9.17) is 13.9 Å². The third kappa shape index (κ3) is 3.03. The Bertz CT molecular complexity index is 743. The molecule has 6 nitrogen and oxygen atoms in total. The van der Waals surface area contributed by atoms with Crippen molar-refractivity contribution in [1.29, 1.82) is 0 Å². The average Bonchev–Trinajstić information content (AvgIpc) is 3.27. The number of hydrogen-bond acceptors (Lipinski definition) is 5. The molecule has 2 aromatic rings. The molecule has 2 saturated heterocycles. The Kier molecular flexibility index (Phi) is 4.23. The van der Waals surface area contributed by atoms with E-state index in [-0.39, 0.29) is 35.6 Å². The number of benzene rings is 1. The SMILES string of the molecule is O=C(c1ccc(Oc2ccccc2)o1)N1C[C@@H]2COCC[C@]2(CO)C1. The first-order valence-electron chi connectivity index (χ1n) is 8.51. The van der Waals surface area contributed by atoms with E-state index in [0.29, 0.717) is 32.1 Å². The number of aliphatic hydroxyl groups excluding tert-OH is 1. The Balaban J connectivity index is 1.47. The number of carbonyl (C=O) groups is 1. The molecule has 2 fully saturated rings. The molecule has 0 bridgehead atoms. The number of hydrogen-bond donors (Lipinski definition) is 1. The van der Waals surface area contributed by atoms with E-state index in [2.05, 4.69) is 0 Å². The van der Waals surface area contributed by atoms with E-state index in [1.54, 1.807) is 17.0 Å². The van der Waals surface area contributed by atoms with Crippen LogP contribution < -0.4 is 4.74 Å². The van der Waals surface area contributed by atoms with Crippen LogP contribution in [0.25, 0.3) is 0 Å². The number of ether oxygens (including phenoxy) is 2. The van der Waals surface area contributed by atoms with Crippen molar-refractivity contribution in [3.63, 3.8) is 0 Å². The summed E-state index contributed by atoms with van der Waals surface area (Å²) in [5.41, 5.74) is -0.246. The van der Waals surface area contributed by atoms with E-state index in [9.17, 15) is 9.90 Å². The molecule has 25 heavy (non-hydrogen) atoms. The number of fused-ring (bicyclic) bond motifs is 1. The largest absolute Gasteiger partial charge is 0.426 e. The minimum atomic E-state index is -0.246. The number of likely N-dealkylation sites (tertiary alicyclic amines) is 1. The van der Waals surface area contributed by atoms with Gasteiger partial charge in [-0.3, -0.25) is 4.79 Å². The van der Waals surface area contributed by atoms with Gasteiger partial charge in [-0.2, -0.15) is 0 Å². The monoisotopic (exact) mass is 343 g/mol. The topological polar surface area (TPSA) is 72.1 Å². The second-order valence-electron chi connectivity index (χ2n) is 6.76. The number of rotatable bonds is 4. The summed E-state index contributed by atoms with van der Waals surface area (Å²) in [5.74, 6) is 1.18. The fourth-order valence-corrected chi connectivity index (χ4v) is 3.71. The molecule has 1 aromatic heterocycles. The molecule has 1 amide bonds. The molecule has 132 valence electrons. The fraction of sp³-hybridized carbons (Fsp3) is 0.421.